The van der Waals surface area contributed by atoms with Gasteiger partial charge in [-0.3, -0.25) is 9.69 Å². The minimum absolute atomic E-state index is 0.152. The SMILES string of the molecule is O=C(OCc1ccccc1)C1CCN(C(=O)O)c2cc(Cl)cc(Cl)c21. The first-order valence-corrected chi connectivity index (χ1v) is 8.43. The van der Waals surface area contributed by atoms with Crippen LogP contribution in [-0.4, -0.2) is 23.7 Å². The molecular weight excluding hydrogens is 365 g/mol. The second kappa shape index (κ2) is 7.33. The van der Waals surface area contributed by atoms with Crippen LogP contribution >= 0.6 is 23.2 Å². The summed E-state index contributed by atoms with van der Waals surface area (Å²) in [6.07, 6.45) is -0.815. The fraction of sp³-hybridized carbons (Fsp3) is 0.222. The highest BCUT2D eigenvalue weighted by Gasteiger charge is 2.35. The predicted molar refractivity (Wildman–Crippen MR) is 95.4 cm³/mol. The summed E-state index contributed by atoms with van der Waals surface area (Å²) >= 11 is 12.3. The number of rotatable bonds is 3. The summed E-state index contributed by atoms with van der Waals surface area (Å²) in [5.41, 5.74) is 1.65. The lowest BCUT2D eigenvalue weighted by Gasteiger charge is -2.32. The first-order valence-electron chi connectivity index (χ1n) is 7.67. The maximum atomic E-state index is 12.6. The smallest absolute Gasteiger partial charge is 0.411 e. The summed E-state index contributed by atoms with van der Waals surface area (Å²) in [6, 6.07) is 12.3. The standard InChI is InChI=1S/C18H15Cl2NO4/c19-12-8-14(20)16-13(6-7-21(18(23)24)15(16)9-12)17(22)25-10-11-4-2-1-3-5-11/h1-5,8-9,13H,6-7,10H2,(H,23,24). The third-order valence-electron chi connectivity index (χ3n) is 4.09. The van der Waals surface area contributed by atoms with Gasteiger partial charge in [-0.05, 0) is 24.1 Å². The number of carboxylic acid groups (broad SMARTS) is 1. The maximum absolute atomic E-state index is 12.6. The average molecular weight is 380 g/mol. The molecule has 130 valence electrons. The first-order chi connectivity index (χ1) is 12.0. The number of esters is 1. The molecule has 1 heterocycles. The van der Waals surface area contributed by atoms with Gasteiger partial charge in [0.2, 0.25) is 0 Å². The van der Waals surface area contributed by atoms with E-state index in [2.05, 4.69) is 0 Å². The topological polar surface area (TPSA) is 66.8 Å². The monoisotopic (exact) mass is 379 g/mol. The van der Waals surface area contributed by atoms with Crippen LogP contribution in [0.25, 0.3) is 0 Å². The van der Waals surface area contributed by atoms with Gasteiger partial charge in [-0.15, -0.1) is 0 Å². The van der Waals surface area contributed by atoms with E-state index in [-0.39, 0.29) is 18.2 Å². The Morgan fingerprint density at radius 3 is 2.60 bits per heavy atom. The van der Waals surface area contributed by atoms with Crippen LogP contribution in [0.1, 0.15) is 23.5 Å². The molecule has 0 radical (unpaired) electrons. The molecule has 5 nitrogen and oxygen atoms in total. The molecule has 0 saturated heterocycles. The summed E-state index contributed by atoms with van der Waals surface area (Å²) in [5.74, 6) is -1.06. The van der Waals surface area contributed by atoms with Gasteiger partial charge < -0.3 is 9.84 Å². The molecule has 1 atom stereocenters. The summed E-state index contributed by atoms with van der Waals surface area (Å²) < 4.78 is 5.41. The molecule has 1 unspecified atom stereocenters. The van der Waals surface area contributed by atoms with E-state index in [1.54, 1.807) is 0 Å². The van der Waals surface area contributed by atoms with Crippen molar-refractivity contribution < 1.29 is 19.4 Å². The van der Waals surface area contributed by atoms with Crippen LogP contribution in [0.5, 0.6) is 0 Å². The molecule has 2 aromatic carbocycles. The van der Waals surface area contributed by atoms with Crippen LogP contribution in [0, 0.1) is 0 Å². The molecule has 1 N–H and O–H groups in total. The molecule has 3 rings (SSSR count). The number of carbonyl (C=O) groups excluding carboxylic acids is 1. The number of hydrogen-bond donors (Lipinski definition) is 1. The quantitative estimate of drug-likeness (QED) is 0.784. The lowest BCUT2D eigenvalue weighted by molar-refractivity contribution is -0.147. The molecule has 25 heavy (non-hydrogen) atoms. The molecule has 1 aliphatic heterocycles. The van der Waals surface area contributed by atoms with Gasteiger partial charge in [0.05, 0.1) is 11.6 Å². The minimum Gasteiger partial charge on any atom is -0.465 e. The van der Waals surface area contributed by atoms with Crippen molar-refractivity contribution in [3.63, 3.8) is 0 Å². The van der Waals surface area contributed by atoms with Crippen LogP contribution in [0.3, 0.4) is 0 Å². The predicted octanol–water partition coefficient (Wildman–Crippen LogP) is 4.71. The van der Waals surface area contributed by atoms with Gasteiger partial charge in [-0.1, -0.05) is 53.5 Å². The Kier molecular flexibility index (Phi) is 5.16. The van der Waals surface area contributed by atoms with E-state index in [0.717, 1.165) is 10.5 Å². The highest BCUT2D eigenvalue weighted by molar-refractivity contribution is 6.36. The zero-order valence-electron chi connectivity index (χ0n) is 13.1. The van der Waals surface area contributed by atoms with Crippen LogP contribution in [0.2, 0.25) is 10.0 Å². The van der Waals surface area contributed by atoms with Gasteiger partial charge >= 0.3 is 12.1 Å². The lowest BCUT2D eigenvalue weighted by atomic mass is 9.90. The van der Waals surface area contributed by atoms with Crippen molar-refractivity contribution in [3.8, 4) is 0 Å². The van der Waals surface area contributed by atoms with Crippen molar-refractivity contribution in [2.75, 3.05) is 11.4 Å². The van der Waals surface area contributed by atoms with Crippen LogP contribution in [0.15, 0.2) is 42.5 Å². The van der Waals surface area contributed by atoms with Crippen molar-refractivity contribution in [1.82, 2.24) is 0 Å². The Balaban J connectivity index is 1.87. The van der Waals surface area contributed by atoms with Crippen molar-refractivity contribution in [2.45, 2.75) is 18.9 Å². The minimum atomic E-state index is -1.12. The number of carbonyl (C=O) groups is 2. The third kappa shape index (κ3) is 3.72. The normalized spacial score (nSPS) is 16.2. The molecule has 0 aromatic heterocycles. The summed E-state index contributed by atoms with van der Waals surface area (Å²) in [4.78, 5) is 25.2. The van der Waals surface area contributed by atoms with E-state index in [1.165, 1.54) is 12.1 Å². The van der Waals surface area contributed by atoms with Crippen molar-refractivity contribution in [1.29, 1.82) is 0 Å². The average Bonchev–Trinajstić information content (AvgIpc) is 2.59. The molecule has 0 fully saturated rings. The lowest BCUT2D eigenvalue weighted by Crippen LogP contribution is -2.37. The fourth-order valence-corrected chi connectivity index (χ4v) is 3.54. The van der Waals surface area contributed by atoms with Gasteiger partial charge in [0.15, 0.2) is 0 Å². The van der Waals surface area contributed by atoms with Crippen LogP contribution in [-0.2, 0) is 16.1 Å². The number of nitrogens with zero attached hydrogens (tertiary/aromatic N) is 1. The van der Waals surface area contributed by atoms with Crippen LogP contribution in [0.4, 0.5) is 10.5 Å². The molecule has 0 bridgehead atoms. The second-order valence-electron chi connectivity index (χ2n) is 5.69. The van der Waals surface area contributed by atoms with E-state index < -0.39 is 18.0 Å². The number of amides is 1. The van der Waals surface area contributed by atoms with E-state index in [0.29, 0.717) is 22.7 Å². The number of hydrogen-bond acceptors (Lipinski definition) is 3. The van der Waals surface area contributed by atoms with Crippen molar-refractivity contribution in [2.24, 2.45) is 0 Å². The molecule has 2 aromatic rings. The molecule has 0 spiro atoms. The molecule has 7 heteroatoms. The third-order valence-corrected chi connectivity index (χ3v) is 4.62. The Bertz CT molecular complexity index is 810. The van der Waals surface area contributed by atoms with E-state index in [4.69, 9.17) is 27.9 Å². The zero-order valence-corrected chi connectivity index (χ0v) is 14.6. The van der Waals surface area contributed by atoms with E-state index >= 15 is 0 Å². The van der Waals surface area contributed by atoms with Crippen LogP contribution < -0.4 is 4.90 Å². The zero-order chi connectivity index (χ0) is 18.0. The first kappa shape index (κ1) is 17.6. The Morgan fingerprint density at radius 1 is 1.20 bits per heavy atom. The van der Waals surface area contributed by atoms with E-state index in [1.807, 2.05) is 30.3 Å². The number of anilines is 1. The molecule has 1 amide bonds. The Labute approximate surface area is 154 Å². The summed E-state index contributed by atoms with van der Waals surface area (Å²) in [7, 11) is 0. The maximum Gasteiger partial charge on any atom is 0.411 e. The number of halogens is 2. The molecule has 0 saturated carbocycles. The van der Waals surface area contributed by atoms with E-state index in [9.17, 15) is 14.7 Å². The fourth-order valence-electron chi connectivity index (χ4n) is 2.93. The second-order valence-corrected chi connectivity index (χ2v) is 6.53. The Hall–Kier alpha value is -2.24. The molecule has 0 aliphatic carbocycles. The van der Waals surface area contributed by atoms with Gasteiger partial charge in [0.25, 0.3) is 0 Å². The highest BCUT2D eigenvalue weighted by atomic mass is 35.5. The largest absolute Gasteiger partial charge is 0.465 e. The summed E-state index contributed by atoms with van der Waals surface area (Å²) in [5, 5.41) is 9.94. The van der Waals surface area contributed by atoms with Gasteiger partial charge in [-0.2, -0.15) is 0 Å². The van der Waals surface area contributed by atoms with Gasteiger partial charge in [0, 0.05) is 22.2 Å². The molecule has 1 aliphatic rings. The van der Waals surface area contributed by atoms with Crippen molar-refractivity contribution in [3.05, 3.63) is 63.6 Å². The van der Waals surface area contributed by atoms with Gasteiger partial charge in [0.1, 0.15) is 6.61 Å². The summed E-state index contributed by atoms with van der Waals surface area (Å²) in [6.45, 7) is 0.323. The number of benzene rings is 2. The highest BCUT2D eigenvalue weighted by Crippen LogP contribution is 2.42. The van der Waals surface area contributed by atoms with Crippen molar-refractivity contribution >= 4 is 41.0 Å². The van der Waals surface area contributed by atoms with Gasteiger partial charge in [-0.25, -0.2) is 4.79 Å². The number of fused-ring (bicyclic) bond motifs is 1. The molecular formula is C18H15Cl2NO4. The number of ether oxygens (including phenoxy) is 1. The Morgan fingerprint density at radius 2 is 1.92 bits per heavy atom.